The molecule has 94 valence electrons. The molecule has 1 fully saturated rings. The molecule has 0 spiro atoms. The van der Waals surface area contributed by atoms with Crippen LogP contribution < -0.4 is 4.90 Å². The fourth-order valence-corrected chi connectivity index (χ4v) is 3.07. The molecule has 0 aromatic carbocycles. The molecule has 0 amide bonds. The molecule has 1 heterocycles. The van der Waals surface area contributed by atoms with E-state index in [2.05, 4.69) is 14.6 Å². The summed E-state index contributed by atoms with van der Waals surface area (Å²) in [6.45, 7) is 1.04. The zero-order chi connectivity index (χ0) is 12.3. The number of carbonyl (C=O) groups is 1. The van der Waals surface area contributed by atoms with Crippen LogP contribution in [0.5, 0.6) is 0 Å². The van der Waals surface area contributed by atoms with Crippen LogP contribution in [0.2, 0.25) is 0 Å². The molecule has 0 aliphatic heterocycles. The first kappa shape index (κ1) is 12.4. The first-order chi connectivity index (χ1) is 8.20. The number of carbonyl (C=O) groups excluding carboxylic acids is 1. The molecule has 1 aromatic rings. The van der Waals surface area contributed by atoms with Crippen molar-refractivity contribution >= 4 is 22.4 Å². The molecule has 1 saturated carbocycles. The van der Waals surface area contributed by atoms with Crippen molar-refractivity contribution in [3.05, 3.63) is 11.1 Å². The quantitative estimate of drug-likeness (QED) is 0.774. The highest BCUT2D eigenvalue weighted by atomic mass is 32.1. The van der Waals surface area contributed by atoms with Crippen LogP contribution >= 0.6 is 11.3 Å². The normalized spacial score (nSPS) is 16.1. The predicted molar refractivity (Wildman–Crippen MR) is 68.7 cm³/mol. The van der Waals surface area contributed by atoms with Crippen molar-refractivity contribution < 1.29 is 9.53 Å². The van der Waals surface area contributed by atoms with E-state index in [1.807, 2.05) is 7.05 Å². The molecule has 5 heteroatoms. The summed E-state index contributed by atoms with van der Waals surface area (Å²) in [5.74, 6) is 0.423. The first-order valence-corrected chi connectivity index (χ1v) is 6.83. The number of hydrogen-bond acceptors (Lipinski definition) is 5. The lowest BCUT2D eigenvalue weighted by Gasteiger charge is -2.19. The highest BCUT2D eigenvalue weighted by molar-refractivity contribution is 7.13. The van der Waals surface area contributed by atoms with Crippen LogP contribution in [0.1, 0.15) is 36.2 Å². The molecule has 1 aromatic heterocycles. The monoisotopic (exact) mass is 254 g/mol. The van der Waals surface area contributed by atoms with Gasteiger partial charge in [-0.3, -0.25) is 0 Å². The molecular weight excluding hydrogens is 236 g/mol. The maximum absolute atomic E-state index is 11.3. The summed E-state index contributed by atoms with van der Waals surface area (Å²) in [5, 5.41) is 2.66. The van der Waals surface area contributed by atoms with Crippen molar-refractivity contribution in [2.24, 2.45) is 5.92 Å². The van der Waals surface area contributed by atoms with Gasteiger partial charge in [0, 0.05) is 19.0 Å². The summed E-state index contributed by atoms with van der Waals surface area (Å²) in [6, 6.07) is 0. The number of esters is 1. The van der Waals surface area contributed by atoms with E-state index in [4.69, 9.17) is 0 Å². The highest BCUT2D eigenvalue weighted by Gasteiger charge is 2.19. The molecular formula is C12H18N2O2S. The lowest BCUT2D eigenvalue weighted by molar-refractivity contribution is 0.0595. The van der Waals surface area contributed by atoms with Gasteiger partial charge in [0.05, 0.1) is 7.11 Å². The van der Waals surface area contributed by atoms with Crippen LogP contribution in [0.15, 0.2) is 5.38 Å². The number of anilines is 1. The fourth-order valence-electron chi connectivity index (χ4n) is 2.30. The van der Waals surface area contributed by atoms with E-state index in [9.17, 15) is 4.79 Å². The molecule has 0 bridgehead atoms. The third-order valence-corrected chi connectivity index (χ3v) is 4.17. The molecule has 0 atom stereocenters. The maximum atomic E-state index is 11.3. The summed E-state index contributed by atoms with van der Waals surface area (Å²) in [7, 11) is 3.42. The fraction of sp³-hybridized carbons (Fsp3) is 0.667. The lowest BCUT2D eigenvalue weighted by Crippen LogP contribution is -2.23. The molecule has 0 radical (unpaired) electrons. The average molecular weight is 254 g/mol. The minimum atomic E-state index is -0.359. The number of thiazole rings is 1. The van der Waals surface area contributed by atoms with Gasteiger partial charge in [-0.2, -0.15) is 0 Å². The van der Waals surface area contributed by atoms with Crippen molar-refractivity contribution in [1.29, 1.82) is 0 Å². The third-order valence-electron chi connectivity index (χ3n) is 3.22. The molecule has 0 N–H and O–H groups in total. The summed E-state index contributed by atoms with van der Waals surface area (Å²) in [4.78, 5) is 17.7. The summed E-state index contributed by atoms with van der Waals surface area (Å²) < 4.78 is 4.65. The van der Waals surface area contributed by atoms with E-state index in [-0.39, 0.29) is 5.97 Å². The summed E-state index contributed by atoms with van der Waals surface area (Å²) >= 11 is 1.50. The van der Waals surface area contributed by atoms with E-state index in [0.29, 0.717) is 5.69 Å². The van der Waals surface area contributed by atoms with Crippen LogP contribution in [-0.4, -0.2) is 31.7 Å². The topological polar surface area (TPSA) is 42.4 Å². The van der Waals surface area contributed by atoms with E-state index in [1.54, 1.807) is 5.38 Å². The Hall–Kier alpha value is -1.10. The minimum absolute atomic E-state index is 0.359. The molecule has 2 rings (SSSR count). The number of methoxy groups -OCH3 is 1. The second-order valence-corrected chi connectivity index (χ2v) is 5.37. The zero-order valence-corrected chi connectivity index (χ0v) is 11.1. The first-order valence-electron chi connectivity index (χ1n) is 5.95. The minimum Gasteiger partial charge on any atom is -0.464 e. The van der Waals surface area contributed by atoms with Gasteiger partial charge in [-0.15, -0.1) is 11.3 Å². The van der Waals surface area contributed by atoms with E-state index in [1.165, 1.54) is 44.1 Å². The number of nitrogens with zero attached hydrogens (tertiary/aromatic N) is 2. The Morgan fingerprint density at radius 3 is 2.94 bits per heavy atom. The Labute approximate surface area is 106 Å². The van der Waals surface area contributed by atoms with Gasteiger partial charge in [-0.1, -0.05) is 12.8 Å². The number of ether oxygens (including phenoxy) is 1. The van der Waals surface area contributed by atoms with Crippen molar-refractivity contribution in [1.82, 2.24) is 4.98 Å². The molecule has 0 saturated heterocycles. The number of aromatic nitrogens is 1. The van der Waals surface area contributed by atoms with Gasteiger partial charge in [0.2, 0.25) is 0 Å². The van der Waals surface area contributed by atoms with Gasteiger partial charge >= 0.3 is 5.97 Å². The molecule has 0 unspecified atom stereocenters. The molecule has 1 aliphatic carbocycles. The Kier molecular flexibility index (Phi) is 3.99. The average Bonchev–Trinajstić information content (AvgIpc) is 2.98. The van der Waals surface area contributed by atoms with Gasteiger partial charge < -0.3 is 9.64 Å². The largest absolute Gasteiger partial charge is 0.464 e. The van der Waals surface area contributed by atoms with Gasteiger partial charge in [-0.05, 0) is 18.8 Å². The third kappa shape index (κ3) is 2.97. The number of hydrogen-bond donors (Lipinski definition) is 0. The SMILES string of the molecule is COC(=O)c1csc(N(C)CC2CCCC2)n1. The van der Waals surface area contributed by atoms with Crippen LogP contribution in [0.25, 0.3) is 0 Å². The van der Waals surface area contributed by atoms with Gasteiger partial charge in [0.1, 0.15) is 0 Å². The zero-order valence-electron chi connectivity index (χ0n) is 10.3. The second-order valence-electron chi connectivity index (χ2n) is 4.54. The number of rotatable bonds is 4. The van der Waals surface area contributed by atoms with Crippen LogP contribution in [0.3, 0.4) is 0 Å². The van der Waals surface area contributed by atoms with E-state index >= 15 is 0 Å². The smallest absolute Gasteiger partial charge is 0.357 e. The van der Waals surface area contributed by atoms with Crippen molar-refractivity contribution in [3.63, 3.8) is 0 Å². The van der Waals surface area contributed by atoms with Gasteiger partial charge in [0.25, 0.3) is 0 Å². The lowest BCUT2D eigenvalue weighted by atomic mass is 10.1. The van der Waals surface area contributed by atoms with Crippen LogP contribution in [-0.2, 0) is 4.74 Å². The van der Waals surface area contributed by atoms with Gasteiger partial charge in [0.15, 0.2) is 10.8 Å². The molecule has 17 heavy (non-hydrogen) atoms. The highest BCUT2D eigenvalue weighted by Crippen LogP contribution is 2.28. The standard InChI is InChI=1S/C12H18N2O2S/c1-14(7-9-5-3-4-6-9)12-13-10(8-17-12)11(15)16-2/h8-9H,3-7H2,1-2H3. The summed E-state index contributed by atoms with van der Waals surface area (Å²) in [5.41, 5.74) is 0.408. The van der Waals surface area contributed by atoms with Gasteiger partial charge in [-0.25, -0.2) is 9.78 Å². The van der Waals surface area contributed by atoms with Crippen molar-refractivity contribution in [2.45, 2.75) is 25.7 Å². The second kappa shape index (κ2) is 5.49. The van der Waals surface area contributed by atoms with Crippen molar-refractivity contribution in [3.8, 4) is 0 Å². The predicted octanol–water partition coefficient (Wildman–Crippen LogP) is 2.56. The Balaban J connectivity index is 1.96. The Bertz CT molecular complexity index is 386. The van der Waals surface area contributed by atoms with Crippen molar-refractivity contribution in [2.75, 3.05) is 25.6 Å². The van der Waals surface area contributed by atoms with E-state index in [0.717, 1.165) is 17.6 Å². The molecule has 1 aliphatic rings. The van der Waals surface area contributed by atoms with E-state index < -0.39 is 0 Å². The Morgan fingerprint density at radius 1 is 1.59 bits per heavy atom. The summed E-state index contributed by atoms with van der Waals surface area (Å²) in [6.07, 6.45) is 5.34. The maximum Gasteiger partial charge on any atom is 0.357 e. The van der Waals surface area contributed by atoms with Crippen LogP contribution in [0.4, 0.5) is 5.13 Å². The molecule has 4 nitrogen and oxygen atoms in total. The van der Waals surface area contributed by atoms with Crippen LogP contribution in [0, 0.1) is 5.92 Å². The Morgan fingerprint density at radius 2 is 2.29 bits per heavy atom.